The number of rotatable bonds is 3. The van der Waals surface area contributed by atoms with Gasteiger partial charge >= 0.3 is 0 Å². The Morgan fingerprint density at radius 1 is 0.396 bits per heavy atom. The summed E-state index contributed by atoms with van der Waals surface area (Å²) in [6.45, 7) is 0. The van der Waals surface area contributed by atoms with Crippen LogP contribution in [0.15, 0.2) is 170 Å². The topological polar surface area (TPSA) is 35.6 Å². The van der Waals surface area contributed by atoms with Crippen LogP contribution in [0.5, 0.6) is 0 Å². The molecule has 0 spiro atoms. The van der Waals surface area contributed by atoms with Crippen LogP contribution in [0.2, 0.25) is 0 Å². The fourth-order valence-corrected chi connectivity index (χ4v) is 9.69. The summed E-state index contributed by atoms with van der Waals surface area (Å²) in [5.74, 6) is 0.817. The van der Waals surface area contributed by atoms with Crippen LogP contribution in [0.4, 0.5) is 0 Å². The van der Waals surface area contributed by atoms with E-state index in [1.807, 2.05) is 23.5 Å². The molecule has 4 aromatic heterocycles. The van der Waals surface area contributed by atoms with Crippen molar-refractivity contribution in [3.05, 3.63) is 170 Å². The van der Waals surface area contributed by atoms with E-state index in [0.717, 1.165) is 39.1 Å². The van der Waals surface area contributed by atoms with Gasteiger partial charge in [-0.15, -0.1) is 11.3 Å². The molecule has 12 rings (SSSR count). The summed E-state index contributed by atoms with van der Waals surface area (Å²) in [6, 6.07) is 61.1. The van der Waals surface area contributed by atoms with Gasteiger partial charge in [-0.3, -0.25) is 4.57 Å². The van der Waals surface area contributed by atoms with Crippen molar-refractivity contribution in [1.82, 2.24) is 19.1 Å². The Morgan fingerprint density at radius 3 is 1.72 bits per heavy atom. The van der Waals surface area contributed by atoms with Crippen molar-refractivity contribution >= 4 is 96.9 Å². The highest BCUT2D eigenvalue weighted by atomic mass is 32.1. The SMILES string of the molecule is c1ccc2c(-n3c4ccccc4c4ccccc43)c3c4ccccc4n(-c4nc5ccccc5nc4-c4ccc5sc6ccccc6c5c4)c3cc2c1. The van der Waals surface area contributed by atoms with Gasteiger partial charge in [0.15, 0.2) is 5.82 Å². The third-order valence-electron chi connectivity index (χ3n) is 10.9. The molecule has 0 unspecified atom stereocenters. The minimum Gasteiger partial charge on any atom is -0.308 e. The predicted molar refractivity (Wildman–Crippen MR) is 224 cm³/mol. The zero-order valence-corrected chi connectivity index (χ0v) is 29.2. The zero-order valence-electron chi connectivity index (χ0n) is 28.4. The van der Waals surface area contributed by atoms with Crippen LogP contribution in [-0.2, 0) is 0 Å². The Labute approximate surface area is 307 Å². The van der Waals surface area contributed by atoms with Crippen molar-refractivity contribution in [2.45, 2.75) is 0 Å². The predicted octanol–water partition coefficient (Wildman–Crippen LogP) is 13.0. The molecule has 0 saturated heterocycles. The lowest BCUT2D eigenvalue weighted by molar-refractivity contribution is 1.08. The quantitative estimate of drug-likeness (QED) is 0.185. The van der Waals surface area contributed by atoms with Crippen molar-refractivity contribution in [2.24, 2.45) is 0 Å². The van der Waals surface area contributed by atoms with Crippen molar-refractivity contribution in [2.75, 3.05) is 0 Å². The number of fused-ring (bicyclic) bond motifs is 11. The van der Waals surface area contributed by atoms with Crippen molar-refractivity contribution in [3.8, 4) is 22.8 Å². The number of thiophene rings is 1. The maximum Gasteiger partial charge on any atom is 0.165 e. The van der Waals surface area contributed by atoms with E-state index in [2.05, 4.69) is 167 Å². The third-order valence-corrected chi connectivity index (χ3v) is 12.0. The largest absolute Gasteiger partial charge is 0.308 e. The Morgan fingerprint density at radius 2 is 0.962 bits per heavy atom. The van der Waals surface area contributed by atoms with Crippen LogP contribution >= 0.6 is 11.3 Å². The van der Waals surface area contributed by atoms with Crippen molar-refractivity contribution < 1.29 is 0 Å². The van der Waals surface area contributed by atoms with Crippen LogP contribution in [0.3, 0.4) is 0 Å². The molecule has 53 heavy (non-hydrogen) atoms. The van der Waals surface area contributed by atoms with Crippen LogP contribution in [0.25, 0.3) is 108 Å². The van der Waals surface area contributed by atoms with E-state index < -0.39 is 0 Å². The molecule has 0 aliphatic heterocycles. The van der Waals surface area contributed by atoms with E-state index in [-0.39, 0.29) is 0 Å². The molecule has 4 heterocycles. The zero-order chi connectivity index (χ0) is 34.6. The average Bonchev–Trinajstić information content (AvgIpc) is 3.87. The molecule has 4 nitrogen and oxygen atoms in total. The highest BCUT2D eigenvalue weighted by molar-refractivity contribution is 7.25. The second kappa shape index (κ2) is 10.8. The number of aromatic nitrogens is 4. The van der Waals surface area contributed by atoms with E-state index in [0.29, 0.717) is 0 Å². The normalized spacial score (nSPS) is 12.2. The van der Waals surface area contributed by atoms with Gasteiger partial charge in [0.25, 0.3) is 0 Å². The molecule has 8 aromatic carbocycles. The molecule has 0 atom stereocenters. The Kier molecular flexibility index (Phi) is 5.90. The van der Waals surface area contributed by atoms with Gasteiger partial charge in [0, 0.05) is 52.7 Å². The minimum atomic E-state index is 0.817. The third kappa shape index (κ3) is 4.05. The molecule has 0 amide bonds. The fourth-order valence-electron chi connectivity index (χ4n) is 8.60. The summed E-state index contributed by atoms with van der Waals surface area (Å²) in [5, 5.41) is 9.72. The van der Waals surface area contributed by atoms with Crippen LogP contribution in [-0.4, -0.2) is 19.1 Å². The molecule has 0 saturated carbocycles. The first-order valence-electron chi connectivity index (χ1n) is 17.9. The Balaban J connectivity index is 1.26. The summed E-state index contributed by atoms with van der Waals surface area (Å²) >= 11 is 1.83. The Bertz CT molecular complexity index is 3420. The monoisotopic (exact) mass is 692 g/mol. The van der Waals surface area contributed by atoms with Crippen molar-refractivity contribution in [1.29, 1.82) is 0 Å². The smallest absolute Gasteiger partial charge is 0.165 e. The maximum atomic E-state index is 5.49. The molecule has 0 radical (unpaired) electrons. The van der Waals surface area contributed by atoms with Crippen LogP contribution in [0.1, 0.15) is 0 Å². The molecular formula is C48H28N4S. The summed E-state index contributed by atoms with van der Waals surface area (Å²) in [5.41, 5.74) is 9.37. The second-order valence-corrected chi connectivity index (χ2v) is 14.8. The van der Waals surface area contributed by atoms with Crippen LogP contribution in [0, 0.1) is 0 Å². The molecule has 0 bridgehead atoms. The molecule has 0 fully saturated rings. The minimum absolute atomic E-state index is 0.817. The van der Waals surface area contributed by atoms with E-state index in [9.17, 15) is 0 Å². The summed E-state index contributed by atoms with van der Waals surface area (Å²) in [4.78, 5) is 10.9. The summed E-state index contributed by atoms with van der Waals surface area (Å²) in [6.07, 6.45) is 0. The molecule has 12 aromatic rings. The average molecular weight is 693 g/mol. The van der Waals surface area contributed by atoms with E-state index in [1.165, 1.54) is 69.2 Å². The summed E-state index contributed by atoms with van der Waals surface area (Å²) in [7, 11) is 0. The van der Waals surface area contributed by atoms with Gasteiger partial charge in [-0.05, 0) is 60.0 Å². The maximum absolute atomic E-state index is 5.49. The van der Waals surface area contributed by atoms with E-state index in [4.69, 9.17) is 9.97 Å². The van der Waals surface area contributed by atoms with E-state index in [1.54, 1.807) is 0 Å². The van der Waals surface area contributed by atoms with Gasteiger partial charge in [0.05, 0.1) is 38.8 Å². The van der Waals surface area contributed by atoms with Gasteiger partial charge in [-0.2, -0.15) is 0 Å². The van der Waals surface area contributed by atoms with Gasteiger partial charge in [-0.25, -0.2) is 9.97 Å². The van der Waals surface area contributed by atoms with Crippen molar-refractivity contribution in [3.63, 3.8) is 0 Å². The Hall–Kier alpha value is -6.82. The van der Waals surface area contributed by atoms with E-state index >= 15 is 0 Å². The first-order chi connectivity index (χ1) is 26.3. The standard InChI is InChI=1S/C48H28N4S/c1-2-14-31-29(13-1)28-42-45(47(31)51-39-21-9-3-15-32(39)33-16-4-10-22-40(33)51)35-18-5-11-23-41(35)52(42)48-46(49-37-19-7-8-20-38(37)50-48)30-25-26-44-36(27-30)34-17-6-12-24-43(34)53-44/h1-28H. The van der Waals surface area contributed by atoms with Crippen LogP contribution < -0.4 is 0 Å². The molecule has 0 aliphatic rings. The van der Waals surface area contributed by atoms with Gasteiger partial charge in [-0.1, -0.05) is 115 Å². The molecule has 0 aliphatic carbocycles. The number of para-hydroxylation sites is 5. The number of nitrogens with zero attached hydrogens (tertiary/aromatic N) is 4. The first kappa shape index (κ1) is 28.8. The first-order valence-corrected chi connectivity index (χ1v) is 18.7. The molecular weight excluding hydrogens is 665 g/mol. The second-order valence-electron chi connectivity index (χ2n) is 13.8. The molecule has 0 N–H and O–H groups in total. The van der Waals surface area contributed by atoms with Gasteiger partial charge < -0.3 is 4.57 Å². The molecule has 5 heteroatoms. The lowest BCUT2D eigenvalue weighted by Gasteiger charge is -2.16. The summed E-state index contributed by atoms with van der Waals surface area (Å²) < 4.78 is 7.40. The lowest BCUT2D eigenvalue weighted by Crippen LogP contribution is -2.04. The lowest BCUT2D eigenvalue weighted by atomic mass is 10.0. The number of hydrogen-bond donors (Lipinski definition) is 0. The fraction of sp³-hybridized carbons (Fsp3) is 0. The molecule has 246 valence electrons. The highest BCUT2D eigenvalue weighted by Crippen LogP contribution is 2.45. The number of benzene rings is 8. The van der Waals surface area contributed by atoms with Gasteiger partial charge in [0.2, 0.25) is 0 Å². The number of hydrogen-bond acceptors (Lipinski definition) is 3. The van der Waals surface area contributed by atoms with Gasteiger partial charge in [0.1, 0.15) is 5.69 Å². The highest BCUT2D eigenvalue weighted by Gasteiger charge is 2.25.